The molecular weight excluding hydrogens is 508 g/mol. The Labute approximate surface area is 209 Å². The van der Waals surface area contributed by atoms with Crippen molar-refractivity contribution in [3.63, 3.8) is 0 Å². The van der Waals surface area contributed by atoms with Gasteiger partial charge in [-0.15, -0.1) is 24.9 Å². The van der Waals surface area contributed by atoms with Crippen LogP contribution < -0.4 is 0 Å². The topological polar surface area (TPSA) is 87.2 Å². The smallest absolute Gasteiger partial charge is 0.310 e. The lowest BCUT2D eigenvalue weighted by Gasteiger charge is -2.42. The zero-order valence-electron chi connectivity index (χ0n) is 19.7. The molecule has 3 heterocycles. The van der Waals surface area contributed by atoms with Crippen LogP contribution in [0.15, 0.2) is 25.3 Å². The standard InChI is InChI=1S/C24H35BrN2O5S/c1-6-8-13-32-22(31)16-17-20(29)26(11-9-12-28)19(24(17)14-15(25)18(16)33-24)21(30)27(10-7-2)23(3,4)5/h6-7,15-19,28H,1-2,8-14H2,3-5H3/t15?,16-,17+,18-,19?,24?/m1/s1. The quantitative estimate of drug-likeness (QED) is 0.197. The number of fused-ring (bicyclic) bond motifs is 1. The molecule has 1 spiro atoms. The number of hydrogen-bond acceptors (Lipinski definition) is 6. The van der Waals surface area contributed by atoms with Gasteiger partial charge in [0, 0.05) is 35.3 Å². The second-order valence-corrected chi connectivity index (χ2v) is 12.6. The average Bonchev–Trinajstić information content (AvgIpc) is 3.32. The lowest BCUT2D eigenvalue weighted by atomic mass is 9.71. The van der Waals surface area contributed by atoms with Gasteiger partial charge in [-0.2, -0.15) is 0 Å². The van der Waals surface area contributed by atoms with Gasteiger partial charge in [0.15, 0.2) is 0 Å². The van der Waals surface area contributed by atoms with Crippen LogP contribution in [0.4, 0.5) is 0 Å². The molecule has 0 aliphatic carbocycles. The number of hydrogen-bond donors (Lipinski definition) is 1. The van der Waals surface area contributed by atoms with E-state index in [1.807, 2.05) is 20.8 Å². The molecule has 2 amide bonds. The Morgan fingerprint density at radius 2 is 2.06 bits per heavy atom. The maximum atomic E-state index is 14.1. The lowest BCUT2D eigenvalue weighted by Crippen LogP contribution is -2.59. The molecule has 3 saturated heterocycles. The summed E-state index contributed by atoms with van der Waals surface area (Å²) in [5.74, 6) is -1.93. The van der Waals surface area contributed by atoms with E-state index in [1.165, 1.54) is 0 Å². The van der Waals surface area contributed by atoms with E-state index in [-0.39, 0.29) is 47.6 Å². The van der Waals surface area contributed by atoms with Crippen molar-refractivity contribution in [3.8, 4) is 0 Å². The first kappa shape index (κ1) is 26.3. The van der Waals surface area contributed by atoms with E-state index in [9.17, 15) is 19.5 Å². The molecule has 184 valence electrons. The molecule has 0 aromatic carbocycles. The van der Waals surface area contributed by atoms with Crippen molar-refractivity contribution in [2.45, 2.75) is 66.4 Å². The molecule has 3 unspecified atom stereocenters. The highest BCUT2D eigenvalue weighted by Crippen LogP contribution is 2.68. The SMILES string of the molecule is C=CCCOC(=O)[C@H]1[C@@H]2SC3(CC2Br)C(C(=O)N(CC=C)C(C)(C)C)N(CCCO)C(=O)[C@H]13. The van der Waals surface area contributed by atoms with Crippen LogP contribution in [0, 0.1) is 11.8 Å². The van der Waals surface area contributed by atoms with Crippen LogP contribution in [-0.4, -0.2) is 85.4 Å². The second kappa shape index (κ2) is 10.1. The Bertz CT molecular complexity index is 815. The molecule has 3 fully saturated rings. The van der Waals surface area contributed by atoms with Gasteiger partial charge in [0.1, 0.15) is 6.04 Å². The van der Waals surface area contributed by atoms with Crippen molar-refractivity contribution in [2.24, 2.45) is 11.8 Å². The first-order valence-corrected chi connectivity index (χ1v) is 13.3. The Kier molecular flexibility index (Phi) is 8.06. The summed E-state index contributed by atoms with van der Waals surface area (Å²) < 4.78 is 4.80. The largest absolute Gasteiger partial charge is 0.465 e. The zero-order valence-corrected chi connectivity index (χ0v) is 22.1. The minimum absolute atomic E-state index is 0.000845. The van der Waals surface area contributed by atoms with Crippen molar-refractivity contribution in [1.82, 2.24) is 9.80 Å². The highest BCUT2D eigenvalue weighted by Gasteiger charge is 2.76. The van der Waals surface area contributed by atoms with Crippen molar-refractivity contribution < 1.29 is 24.2 Å². The van der Waals surface area contributed by atoms with Crippen LogP contribution in [-0.2, 0) is 19.1 Å². The van der Waals surface area contributed by atoms with Crippen molar-refractivity contribution in [1.29, 1.82) is 0 Å². The Morgan fingerprint density at radius 3 is 2.64 bits per heavy atom. The van der Waals surface area contributed by atoms with Gasteiger partial charge in [0.2, 0.25) is 11.8 Å². The highest BCUT2D eigenvalue weighted by molar-refractivity contribution is 9.09. The third-order valence-corrected chi connectivity index (χ3v) is 10.0. The number of nitrogens with zero attached hydrogens (tertiary/aromatic N) is 2. The number of likely N-dealkylation sites (tertiary alicyclic amines) is 1. The van der Waals surface area contributed by atoms with Crippen LogP contribution in [0.2, 0.25) is 0 Å². The fourth-order valence-corrected chi connectivity index (χ4v) is 9.06. The van der Waals surface area contributed by atoms with Gasteiger partial charge in [-0.25, -0.2) is 0 Å². The van der Waals surface area contributed by atoms with Gasteiger partial charge in [-0.05, 0) is 40.0 Å². The van der Waals surface area contributed by atoms with Crippen LogP contribution in [0.3, 0.4) is 0 Å². The number of thioether (sulfide) groups is 1. The summed E-state index contributed by atoms with van der Waals surface area (Å²) in [6.45, 7) is 14.1. The van der Waals surface area contributed by atoms with Gasteiger partial charge in [-0.3, -0.25) is 14.4 Å². The van der Waals surface area contributed by atoms with Crippen LogP contribution in [0.5, 0.6) is 0 Å². The number of aliphatic hydroxyl groups excluding tert-OH is 1. The molecule has 3 aliphatic rings. The maximum absolute atomic E-state index is 14.1. The van der Waals surface area contributed by atoms with Crippen molar-refractivity contribution in [3.05, 3.63) is 25.3 Å². The average molecular weight is 544 g/mol. The molecule has 33 heavy (non-hydrogen) atoms. The number of halogens is 1. The zero-order chi connectivity index (χ0) is 24.6. The second-order valence-electron chi connectivity index (χ2n) is 9.93. The molecule has 0 radical (unpaired) electrons. The highest BCUT2D eigenvalue weighted by atomic mass is 79.9. The molecule has 7 nitrogen and oxygen atoms in total. The van der Waals surface area contributed by atoms with Gasteiger partial charge in [0.25, 0.3) is 0 Å². The van der Waals surface area contributed by atoms with Gasteiger partial charge in [0.05, 0.1) is 23.2 Å². The maximum Gasteiger partial charge on any atom is 0.310 e. The minimum Gasteiger partial charge on any atom is -0.465 e. The van der Waals surface area contributed by atoms with E-state index in [4.69, 9.17) is 4.74 Å². The third-order valence-electron chi connectivity index (χ3n) is 6.81. The summed E-state index contributed by atoms with van der Waals surface area (Å²) in [4.78, 5) is 44.4. The summed E-state index contributed by atoms with van der Waals surface area (Å²) in [6, 6.07) is -0.707. The van der Waals surface area contributed by atoms with E-state index < -0.39 is 28.2 Å². The number of esters is 1. The summed E-state index contributed by atoms with van der Waals surface area (Å²) in [5, 5.41) is 9.32. The van der Waals surface area contributed by atoms with E-state index in [1.54, 1.807) is 33.7 Å². The number of aliphatic hydroxyl groups is 1. The number of carbonyl (C=O) groups excluding carboxylic acids is 3. The molecule has 0 aromatic rings. The monoisotopic (exact) mass is 542 g/mol. The van der Waals surface area contributed by atoms with E-state index in [0.717, 1.165) is 0 Å². The Hall–Kier alpha value is -1.32. The molecule has 3 rings (SSSR count). The summed E-state index contributed by atoms with van der Waals surface area (Å²) in [6.07, 6.45) is 4.91. The Balaban J connectivity index is 2.03. The van der Waals surface area contributed by atoms with E-state index in [2.05, 4.69) is 29.1 Å². The van der Waals surface area contributed by atoms with Crippen LogP contribution in [0.1, 0.15) is 40.0 Å². The predicted octanol–water partition coefficient (Wildman–Crippen LogP) is 2.77. The normalized spacial score (nSPS) is 32.6. The first-order chi connectivity index (χ1) is 15.5. The number of alkyl halides is 1. The van der Waals surface area contributed by atoms with Gasteiger partial charge < -0.3 is 19.6 Å². The van der Waals surface area contributed by atoms with Gasteiger partial charge in [-0.1, -0.05) is 28.1 Å². The molecule has 3 aliphatic heterocycles. The van der Waals surface area contributed by atoms with Crippen LogP contribution >= 0.6 is 27.7 Å². The molecule has 0 aromatic heterocycles. The third kappa shape index (κ3) is 4.52. The van der Waals surface area contributed by atoms with Gasteiger partial charge >= 0.3 is 5.97 Å². The lowest BCUT2D eigenvalue weighted by molar-refractivity contribution is -0.154. The van der Waals surface area contributed by atoms with E-state index >= 15 is 0 Å². The first-order valence-electron chi connectivity index (χ1n) is 11.5. The number of carbonyl (C=O) groups is 3. The molecule has 9 heteroatoms. The molecule has 6 atom stereocenters. The summed E-state index contributed by atoms with van der Waals surface area (Å²) >= 11 is 5.33. The van der Waals surface area contributed by atoms with Crippen LogP contribution in [0.25, 0.3) is 0 Å². The fourth-order valence-electron chi connectivity index (χ4n) is 5.47. The fraction of sp³-hybridized carbons (Fsp3) is 0.708. The van der Waals surface area contributed by atoms with E-state index in [0.29, 0.717) is 25.8 Å². The van der Waals surface area contributed by atoms with Crippen molar-refractivity contribution in [2.75, 3.05) is 26.3 Å². The molecule has 2 bridgehead atoms. The number of amides is 2. The minimum atomic E-state index is -0.713. The summed E-state index contributed by atoms with van der Waals surface area (Å²) in [5.41, 5.74) is -0.468. The number of ether oxygens (including phenoxy) is 1. The Morgan fingerprint density at radius 1 is 1.36 bits per heavy atom. The van der Waals surface area contributed by atoms with Crippen molar-refractivity contribution >= 4 is 45.5 Å². The number of rotatable bonds is 10. The summed E-state index contributed by atoms with van der Waals surface area (Å²) in [7, 11) is 0. The predicted molar refractivity (Wildman–Crippen MR) is 133 cm³/mol. The molecular formula is C24H35BrN2O5S. The molecule has 1 N–H and O–H groups in total. The molecule has 0 saturated carbocycles.